The van der Waals surface area contributed by atoms with Crippen LogP contribution in [0.1, 0.15) is 44.0 Å². The molecule has 0 aliphatic heterocycles. The summed E-state index contributed by atoms with van der Waals surface area (Å²) in [5.74, 6) is 0.223. The van der Waals surface area contributed by atoms with Crippen LogP contribution < -0.4 is 4.90 Å². The normalized spacial score (nSPS) is 11.0. The van der Waals surface area contributed by atoms with Crippen LogP contribution in [0.2, 0.25) is 0 Å². The maximum Gasteiger partial charge on any atom is 0.416 e. The number of aryl methyl sites for hydroxylation is 1. The highest BCUT2D eigenvalue weighted by Gasteiger charge is 2.27. The van der Waals surface area contributed by atoms with Crippen LogP contribution in [-0.2, 0) is 9.47 Å². The van der Waals surface area contributed by atoms with Gasteiger partial charge in [0.15, 0.2) is 5.82 Å². The molecule has 0 saturated heterocycles. The Labute approximate surface area is 137 Å². The van der Waals surface area contributed by atoms with Crippen LogP contribution >= 0.6 is 0 Å². The average Bonchev–Trinajstić information content (AvgIpc) is 2.45. The maximum atomic E-state index is 12.5. The van der Waals surface area contributed by atoms with Crippen LogP contribution in [0.4, 0.5) is 10.6 Å². The number of hydrogen-bond donors (Lipinski definition) is 0. The minimum Gasteiger partial charge on any atom is -0.443 e. The van der Waals surface area contributed by atoms with Gasteiger partial charge in [0, 0.05) is 20.3 Å². The Hall–Kier alpha value is -2.20. The Morgan fingerprint density at radius 1 is 1.30 bits per heavy atom. The van der Waals surface area contributed by atoms with Gasteiger partial charge >= 0.3 is 6.09 Å². The van der Waals surface area contributed by atoms with E-state index in [1.54, 1.807) is 41.7 Å². The highest BCUT2D eigenvalue weighted by molar-refractivity contribution is 5.88. The summed E-state index contributed by atoms with van der Waals surface area (Å²) in [6.07, 6.45) is 0.0394. The zero-order valence-electron chi connectivity index (χ0n) is 14.6. The fraction of sp³-hybridized carbons (Fsp3) is 0.625. The first kappa shape index (κ1) is 18.8. The molecule has 23 heavy (non-hydrogen) atoms. The van der Waals surface area contributed by atoms with Crippen LogP contribution in [0.3, 0.4) is 0 Å². The number of rotatable bonds is 5. The van der Waals surface area contributed by atoms with Crippen molar-refractivity contribution in [2.75, 3.05) is 25.2 Å². The molecule has 1 aromatic rings. The number of nitrogens with zero attached hydrogens (tertiary/aromatic N) is 4. The Kier molecular flexibility index (Phi) is 6.46. The smallest absolute Gasteiger partial charge is 0.416 e. The van der Waals surface area contributed by atoms with E-state index in [2.05, 4.69) is 16.3 Å². The van der Waals surface area contributed by atoms with Crippen molar-refractivity contribution >= 4 is 11.9 Å². The quantitative estimate of drug-likeness (QED) is 0.775. The Morgan fingerprint density at radius 3 is 2.48 bits per heavy atom. The molecule has 0 spiro atoms. The van der Waals surface area contributed by atoms with E-state index in [9.17, 15) is 10.1 Å². The van der Waals surface area contributed by atoms with Gasteiger partial charge in [-0.05, 0) is 46.6 Å². The van der Waals surface area contributed by atoms with Crippen LogP contribution in [-0.4, -0.2) is 42.2 Å². The Morgan fingerprint density at radius 2 is 1.96 bits per heavy atom. The summed E-state index contributed by atoms with van der Waals surface area (Å²) < 4.78 is 10.5. The van der Waals surface area contributed by atoms with Gasteiger partial charge in [-0.15, -0.1) is 5.10 Å². The molecule has 0 atom stereocenters. The van der Waals surface area contributed by atoms with Gasteiger partial charge in [-0.3, -0.25) is 4.90 Å². The van der Waals surface area contributed by atoms with Gasteiger partial charge in [-0.1, -0.05) is 0 Å². The van der Waals surface area contributed by atoms with E-state index < -0.39 is 11.7 Å². The third-order valence-corrected chi connectivity index (χ3v) is 3.15. The molecule has 0 bridgehead atoms. The first-order valence-electron chi connectivity index (χ1n) is 7.44. The van der Waals surface area contributed by atoms with Gasteiger partial charge < -0.3 is 9.47 Å². The summed E-state index contributed by atoms with van der Waals surface area (Å²) in [4.78, 5) is 13.9. The number of amides is 1. The van der Waals surface area contributed by atoms with Crippen LogP contribution in [0.15, 0.2) is 0 Å². The summed E-state index contributed by atoms with van der Waals surface area (Å²) in [5.41, 5.74) is 1.06. The number of ether oxygens (including phenoxy) is 2. The molecule has 0 radical (unpaired) electrons. The molecule has 0 aliphatic carbocycles. The monoisotopic (exact) mass is 320 g/mol. The largest absolute Gasteiger partial charge is 0.443 e. The lowest BCUT2D eigenvalue weighted by Crippen LogP contribution is -2.39. The van der Waals surface area contributed by atoms with Crippen molar-refractivity contribution in [2.24, 2.45) is 0 Å². The number of methoxy groups -OCH3 is 1. The fourth-order valence-electron chi connectivity index (χ4n) is 1.89. The second-order valence-corrected chi connectivity index (χ2v) is 6.20. The predicted molar refractivity (Wildman–Crippen MR) is 86.3 cm³/mol. The highest BCUT2D eigenvalue weighted by atomic mass is 16.6. The van der Waals surface area contributed by atoms with Crippen molar-refractivity contribution < 1.29 is 14.3 Å². The zero-order valence-corrected chi connectivity index (χ0v) is 14.6. The Bertz CT molecular complexity index is 603. The average molecular weight is 320 g/mol. The van der Waals surface area contributed by atoms with Crippen molar-refractivity contribution in [2.45, 2.75) is 46.6 Å². The summed E-state index contributed by atoms with van der Waals surface area (Å²) in [6, 6.07) is 2.11. The molecular formula is C16H24N4O3. The molecule has 0 unspecified atom stereocenters. The minimum atomic E-state index is -0.642. The van der Waals surface area contributed by atoms with Crippen molar-refractivity contribution in [3.8, 4) is 6.07 Å². The second kappa shape index (κ2) is 7.88. The maximum absolute atomic E-state index is 12.5. The molecule has 7 nitrogen and oxygen atoms in total. The molecule has 1 aromatic heterocycles. The standard InChI is InChI=1S/C16H24N4O3/c1-11-12(2)18-19-14(13(11)10-17)20(8-7-9-22-6)15(21)23-16(3,4)5/h7-9H2,1-6H3. The lowest BCUT2D eigenvalue weighted by Gasteiger charge is -2.27. The fourth-order valence-corrected chi connectivity index (χ4v) is 1.89. The Balaban J connectivity index is 3.22. The summed E-state index contributed by atoms with van der Waals surface area (Å²) >= 11 is 0. The third kappa shape index (κ3) is 5.18. The molecule has 126 valence electrons. The van der Waals surface area contributed by atoms with E-state index in [0.717, 1.165) is 0 Å². The lowest BCUT2D eigenvalue weighted by molar-refractivity contribution is 0.0575. The van der Waals surface area contributed by atoms with E-state index in [1.807, 2.05) is 0 Å². The number of carbonyl (C=O) groups excluding carboxylic acids is 1. The van der Waals surface area contributed by atoms with Crippen molar-refractivity contribution in [1.29, 1.82) is 5.26 Å². The zero-order chi connectivity index (χ0) is 17.6. The van der Waals surface area contributed by atoms with Crippen LogP contribution in [0.25, 0.3) is 0 Å². The lowest BCUT2D eigenvalue weighted by atomic mass is 10.1. The van der Waals surface area contributed by atoms with E-state index in [1.165, 1.54) is 4.90 Å². The number of aromatic nitrogens is 2. The van der Waals surface area contributed by atoms with Crippen molar-refractivity contribution in [1.82, 2.24) is 10.2 Å². The molecule has 0 aromatic carbocycles. The SMILES string of the molecule is COCCCN(C(=O)OC(C)(C)C)c1nnc(C)c(C)c1C#N. The molecule has 1 amide bonds. The molecule has 7 heteroatoms. The molecule has 0 aliphatic rings. The first-order chi connectivity index (χ1) is 10.7. The van der Waals surface area contributed by atoms with E-state index in [4.69, 9.17) is 9.47 Å². The van der Waals surface area contributed by atoms with Gasteiger partial charge in [0.2, 0.25) is 0 Å². The second-order valence-electron chi connectivity index (χ2n) is 6.20. The van der Waals surface area contributed by atoms with Crippen LogP contribution in [0.5, 0.6) is 0 Å². The summed E-state index contributed by atoms with van der Waals surface area (Å²) in [5, 5.41) is 17.5. The topological polar surface area (TPSA) is 88.3 Å². The number of nitriles is 1. The van der Waals surface area contributed by atoms with E-state index >= 15 is 0 Å². The minimum absolute atomic E-state index is 0.223. The van der Waals surface area contributed by atoms with Crippen molar-refractivity contribution in [3.05, 3.63) is 16.8 Å². The molecule has 1 heterocycles. The van der Waals surface area contributed by atoms with Crippen LogP contribution in [0, 0.1) is 25.2 Å². The molecular weight excluding hydrogens is 296 g/mol. The van der Waals surface area contributed by atoms with Gasteiger partial charge in [0.25, 0.3) is 0 Å². The van der Waals surface area contributed by atoms with E-state index in [0.29, 0.717) is 36.4 Å². The predicted octanol–water partition coefficient (Wildman–Crippen LogP) is 2.74. The molecule has 1 rings (SSSR count). The van der Waals surface area contributed by atoms with Gasteiger partial charge in [0.1, 0.15) is 17.2 Å². The molecule has 0 fully saturated rings. The van der Waals surface area contributed by atoms with Gasteiger partial charge in [-0.25, -0.2) is 4.79 Å². The number of carbonyl (C=O) groups is 1. The first-order valence-corrected chi connectivity index (χ1v) is 7.44. The number of hydrogen-bond acceptors (Lipinski definition) is 6. The van der Waals surface area contributed by atoms with E-state index in [-0.39, 0.29) is 5.82 Å². The number of anilines is 1. The summed E-state index contributed by atoms with van der Waals surface area (Å²) in [6.45, 7) is 9.73. The molecule has 0 saturated carbocycles. The van der Waals surface area contributed by atoms with Gasteiger partial charge in [-0.2, -0.15) is 10.4 Å². The third-order valence-electron chi connectivity index (χ3n) is 3.15. The highest BCUT2D eigenvalue weighted by Crippen LogP contribution is 2.23. The van der Waals surface area contributed by atoms with Crippen molar-refractivity contribution in [3.63, 3.8) is 0 Å². The summed E-state index contributed by atoms with van der Waals surface area (Å²) in [7, 11) is 1.59. The molecule has 0 N–H and O–H groups in total. The van der Waals surface area contributed by atoms with Gasteiger partial charge in [0.05, 0.1) is 5.69 Å².